The molecule has 146 valence electrons. The summed E-state index contributed by atoms with van der Waals surface area (Å²) in [6.07, 6.45) is 3.02. The zero-order valence-corrected chi connectivity index (χ0v) is 17.8. The number of nitrogens with two attached hydrogens (primary N) is 1. The molecule has 0 aliphatic heterocycles. The number of thiophene rings is 1. The highest BCUT2D eigenvalue weighted by Crippen LogP contribution is 2.37. The molecule has 2 heterocycles. The molecule has 5 nitrogen and oxygen atoms in total. The first-order chi connectivity index (χ1) is 13.4. The van der Waals surface area contributed by atoms with E-state index in [1.807, 2.05) is 31.2 Å². The molecule has 0 radical (unpaired) electrons. The van der Waals surface area contributed by atoms with Crippen molar-refractivity contribution in [3.63, 3.8) is 0 Å². The van der Waals surface area contributed by atoms with Crippen molar-refractivity contribution in [3.05, 3.63) is 50.6 Å². The van der Waals surface area contributed by atoms with Gasteiger partial charge in [0, 0.05) is 4.88 Å². The number of hydrogen-bond donors (Lipinski definition) is 1. The van der Waals surface area contributed by atoms with Crippen LogP contribution in [0.2, 0.25) is 0 Å². The highest BCUT2D eigenvalue weighted by Gasteiger charge is 2.26. The second-order valence-electron chi connectivity index (χ2n) is 7.52. The van der Waals surface area contributed by atoms with Crippen LogP contribution < -0.4 is 11.3 Å². The molecular formula is C21H23N3O2S2. The number of rotatable bonds is 4. The number of carbonyl (C=O) groups is 1. The van der Waals surface area contributed by atoms with Crippen molar-refractivity contribution in [2.24, 2.45) is 11.7 Å². The number of benzene rings is 1. The molecule has 1 aromatic carbocycles. The Morgan fingerprint density at radius 1 is 1.39 bits per heavy atom. The molecule has 1 aliphatic rings. The molecule has 2 aromatic heterocycles. The Kier molecular flexibility index (Phi) is 5.05. The van der Waals surface area contributed by atoms with E-state index >= 15 is 0 Å². The van der Waals surface area contributed by atoms with Crippen LogP contribution >= 0.6 is 23.1 Å². The van der Waals surface area contributed by atoms with Gasteiger partial charge in [-0.2, -0.15) is 0 Å². The first-order valence-corrected chi connectivity index (χ1v) is 11.2. The zero-order chi connectivity index (χ0) is 20.0. The van der Waals surface area contributed by atoms with E-state index in [0.717, 1.165) is 46.3 Å². The van der Waals surface area contributed by atoms with Gasteiger partial charge in [0.1, 0.15) is 4.83 Å². The highest BCUT2D eigenvalue weighted by molar-refractivity contribution is 8.00. The third-order valence-corrected chi connectivity index (χ3v) is 7.56. The van der Waals surface area contributed by atoms with Gasteiger partial charge in [0.25, 0.3) is 5.56 Å². The normalized spacial score (nSPS) is 17.5. The highest BCUT2D eigenvalue weighted by atomic mass is 32.2. The van der Waals surface area contributed by atoms with Crippen LogP contribution in [0.5, 0.6) is 0 Å². The maximum absolute atomic E-state index is 13.7. The van der Waals surface area contributed by atoms with Crippen molar-refractivity contribution in [3.8, 4) is 5.69 Å². The standard InChI is InChI=1S/C21H23N3O2S2/c1-11-8-9-14-16(10-11)28-19-17(14)20(26)24(15-7-5-4-6-12(15)2)21(23-19)27-13(3)18(22)25/h4-7,11,13H,8-10H2,1-3H3,(H2,22,25)/t11-,13+/m0/s1. The molecule has 3 aromatic rings. The van der Waals surface area contributed by atoms with Crippen LogP contribution in [0.1, 0.15) is 36.3 Å². The molecule has 1 amide bonds. The lowest BCUT2D eigenvalue weighted by Crippen LogP contribution is -2.27. The van der Waals surface area contributed by atoms with Gasteiger partial charge in [-0.15, -0.1) is 11.3 Å². The van der Waals surface area contributed by atoms with Gasteiger partial charge in [-0.05, 0) is 56.2 Å². The zero-order valence-electron chi connectivity index (χ0n) is 16.2. The number of amides is 1. The maximum atomic E-state index is 13.7. The molecule has 2 atom stereocenters. The summed E-state index contributed by atoms with van der Waals surface area (Å²) < 4.78 is 1.66. The summed E-state index contributed by atoms with van der Waals surface area (Å²) in [6, 6.07) is 7.76. The monoisotopic (exact) mass is 413 g/mol. The Hall–Kier alpha value is -2.12. The SMILES string of the molecule is Cc1ccccc1-n1c(S[C@H](C)C(N)=O)nc2sc3c(c2c1=O)CC[C@H](C)C3. The van der Waals surface area contributed by atoms with Gasteiger partial charge in [0.05, 0.1) is 16.3 Å². The molecule has 2 N–H and O–H groups in total. The Morgan fingerprint density at radius 2 is 2.14 bits per heavy atom. The number of aromatic nitrogens is 2. The predicted molar refractivity (Wildman–Crippen MR) is 116 cm³/mol. The van der Waals surface area contributed by atoms with Crippen molar-refractivity contribution in [1.82, 2.24) is 9.55 Å². The summed E-state index contributed by atoms with van der Waals surface area (Å²) in [5.74, 6) is 0.206. The smallest absolute Gasteiger partial charge is 0.267 e. The fraction of sp³-hybridized carbons (Fsp3) is 0.381. The van der Waals surface area contributed by atoms with E-state index in [0.29, 0.717) is 11.1 Å². The van der Waals surface area contributed by atoms with Gasteiger partial charge in [-0.1, -0.05) is 36.9 Å². The summed E-state index contributed by atoms with van der Waals surface area (Å²) in [4.78, 5) is 32.2. The summed E-state index contributed by atoms with van der Waals surface area (Å²) in [7, 11) is 0. The number of nitrogens with zero attached hydrogens (tertiary/aromatic N) is 2. The molecule has 4 rings (SSSR count). The van der Waals surface area contributed by atoms with Gasteiger partial charge < -0.3 is 5.73 Å². The van der Waals surface area contributed by atoms with Crippen LogP contribution in [0.25, 0.3) is 15.9 Å². The minimum Gasteiger partial charge on any atom is -0.369 e. The number of thioether (sulfide) groups is 1. The summed E-state index contributed by atoms with van der Waals surface area (Å²) in [5.41, 5.74) is 8.37. The fourth-order valence-corrected chi connectivity index (χ4v) is 5.99. The second-order valence-corrected chi connectivity index (χ2v) is 9.91. The second kappa shape index (κ2) is 7.37. The molecule has 0 unspecified atom stereocenters. The van der Waals surface area contributed by atoms with E-state index in [9.17, 15) is 9.59 Å². The van der Waals surface area contributed by atoms with Gasteiger partial charge in [0.15, 0.2) is 5.16 Å². The lowest BCUT2D eigenvalue weighted by atomic mass is 9.89. The van der Waals surface area contributed by atoms with E-state index in [2.05, 4.69) is 6.92 Å². The number of aryl methyl sites for hydroxylation is 2. The van der Waals surface area contributed by atoms with Crippen molar-refractivity contribution >= 4 is 39.2 Å². The molecule has 1 aliphatic carbocycles. The Bertz CT molecular complexity index is 1130. The molecule has 28 heavy (non-hydrogen) atoms. The Balaban J connectivity index is 2.01. The van der Waals surface area contributed by atoms with Crippen LogP contribution in [0.15, 0.2) is 34.2 Å². The topological polar surface area (TPSA) is 78.0 Å². The summed E-state index contributed by atoms with van der Waals surface area (Å²) in [6.45, 7) is 5.97. The van der Waals surface area contributed by atoms with E-state index < -0.39 is 11.2 Å². The fourth-order valence-electron chi connectivity index (χ4n) is 3.69. The molecule has 0 fully saturated rings. The number of hydrogen-bond acceptors (Lipinski definition) is 5. The average molecular weight is 414 g/mol. The predicted octanol–water partition coefficient (Wildman–Crippen LogP) is 3.85. The molecular weight excluding hydrogens is 390 g/mol. The Morgan fingerprint density at radius 3 is 2.86 bits per heavy atom. The largest absolute Gasteiger partial charge is 0.369 e. The first-order valence-electron chi connectivity index (χ1n) is 9.46. The number of para-hydroxylation sites is 1. The minimum absolute atomic E-state index is 0.0504. The van der Waals surface area contributed by atoms with Crippen LogP contribution in [-0.2, 0) is 17.6 Å². The van der Waals surface area contributed by atoms with Gasteiger partial charge in [-0.25, -0.2) is 4.98 Å². The number of fused-ring (bicyclic) bond motifs is 3. The third-order valence-electron chi connectivity index (χ3n) is 5.34. The first kappa shape index (κ1) is 19.2. The minimum atomic E-state index is -0.478. The molecule has 7 heteroatoms. The molecule has 0 saturated carbocycles. The summed E-state index contributed by atoms with van der Waals surface area (Å²) >= 11 is 2.86. The van der Waals surface area contributed by atoms with E-state index in [-0.39, 0.29) is 5.56 Å². The number of carbonyl (C=O) groups excluding carboxylic acids is 1. The van der Waals surface area contributed by atoms with Crippen LogP contribution in [-0.4, -0.2) is 20.7 Å². The van der Waals surface area contributed by atoms with Crippen molar-refractivity contribution in [2.45, 2.75) is 50.4 Å². The van der Waals surface area contributed by atoms with Crippen LogP contribution in [0.3, 0.4) is 0 Å². The lowest BCUT2D eigenvalue weighted by Gasteiger charge is -2.18. The maximum Gasteiger partial charge on any atom is 0.267 e. The summed E-state index contributed by atoms with van der Waals surface area (Å²) in [5, 5.41) is 0.783. The van der Waals surface area contributed by atoms with E-state index in [1.54, 1.807) is 22.8 Å². The Labute approximate surface area is 172 Å². The van der Waals surface area contributed by atoms with Crippen LogP contribution in [0, 0.1) is 12.8 Å². The lowest BCUT2D eigenvalue weighted by molar-refractivity contribution is -0.117. The van der Waals surface area contributed by atoms with Crippen molar-refractivity contribution < 1.29 is 4.79 Å². The quantitative estimate of drug-likeness (QED) is 0.521. The van der Waals surface area contributed by atoms with Gasteiger partial charge >= 0.3 is 0 Å². The van der Waals surface area contributed by atoms with Crippen LogP contribution in [0.4, 0.5) is 0 Å². The third kappa shape index (κ3) is 3.26. The van der Waals surface area contributed by atoms with E-state index in [4.69, 9.17) is 10.7 Å². The van der Waals surface area contributed by atoms with E-state index in [1.165, 1.54) is 16.6 Å². The molecule has 0 spiro atoms. The van der Waals surface area contributed by atoms with Gasteiger partial charge in [0.2, 0.25) is 5.91 Å². The van der Waals surface area contributed by atoms with Crippen molar-refractivity contribution in [2.75, 3.05) is 0 Å². The number of primary amides is 1. The van der Waals surface area contributed by atoms with Gasteiger partial charge in [-0.3, -0.25) is 14.2 Å². The molecule has 0 saturated heterocycles. The molecule has 0 bridgehead atoms. The van der Waals surface area contributed by atoms with Crippen molar-refractivity contribution in [1.29, 1.82) is 0 Å². The average Bonchev–Trinajstić information content (AvgIpc) is 3.00.